The third-order valence-corrected chi connectivity index (χ3v) is 1.44. The summed E-state index contributed by atoms with van der Waals surface area (Å²) >= 11 is 0. The average molecular weight is 150 g/mol. The van der Waals surface area contributed by atoms with Crippen molar-refractivity contribution in [3.8, 4) is 0 Å². The number of H-pyrrole nitrogens is 1. The summed E-state index contributed by atoms with van der Waals surface area (Å²) in [6.45, 7) is 0. The molecule has 4 nitrogen and oxygen atoms in total. The first-order valence-electron chi connectivity index (χ1n) is 3.18. The third-order valence-electron chi connectivity index (χ3n) is 1.44. The first-order chi connectivity index (χ1) is 5.38. The van der Waals surface area contributed by atoms with Crippen LogP contribution in [0.15, 0.2) is 21.7 Å². The zero-order valence-electron chi connectivity index (χ0n) is 5.63. The van der Waals surface area contributed by atoms with Gasteiger partial charge in [-0.2, -0.15) is 5.16 Å². The summed E-state index contributed by atoms with van der Waals surface area (Å²) < 4.78 is 4.85. The Kier molecular flexibility index (Phi) is 1.18. The molecule has 0 fully saturated rings. The molecule has 11 heavy (non-hydrogen) atoms. The lowest BCUT2D eigenvalue weighted by Gasteiger charge is -1.80. The molecular formula is C7H6N2O2. The van der Waals surface area contributed by atoms with Gasteiger partial charge in [0.2, 0.25) is 0 Å². The van der Waals surface area contributed by atoms with Gasteiger partial charge < -0.3 is 9.84 Å². The Morgan fingerprint density at radius 1 is 1.27 bits per heavy atom. The van der Waals surface area contributed by atoms with Crippen molar-refractivity contribution < 1.29 is 4.52 Å². The molecule has 0 atom stereocenters. The normalized spacial score (nSPS) is 13.8. The maximum atomic E-state index is 11.0. The van der Waals surface area contributed by atoms with E-state index in [-0.39, 0.29) is 5.56 Å². The lowest BCUT2D eigenvalue weighted by Crippen LogP contribution is -2.01. The van der Waals surface area contributed by atoms with Gasteiger partial charge in [-0.3, -0.25) is 4.79 Å². The van der Waals surface area contributed by atoms with Crippen molar-refractivity contribution >= 4 is 12.2 Å². The van der Waals surface area contributed by atoms with Gasteiger partial charge in [0, 0.05) is 18.5 Å². The molecule has 2 N–H and O–H groups in total. The molecule has 2 heterocycles. The molecule has 1 aliphatic rings. The molecule has 1 aliphatic heterocycles. The smallest absolute Gasteiger partial charge is 0.287 e. The monoisotopic (exact) mass is 150 g/mol. The second-order valence-electron chi connectivity index (χ2n) is 2.14. The van der Waals surface area contributed by atoms with E-state index in [0.29, 0.717) is 11.3 Å². The van der Waals surface area contributed by atoms with Crippen molar-refractivity contribution in [3.05, 3.63) is 34.1 Å². The predicted molar refractivity (Wildman–Crippen MR) is 40.5 cm³/mol. The van der Waals surface area contributed by atoms with Crippen LogP contribution >= 0.6 is 0 Å². The van der Waals surface area contributed by atoms with Crippen LogP contribution in [0.1, 0.15) is 11.3 Å². The minimum atomic E-state index is -0.204. The fraction of sp³-hybridized carbons (Fsp3) is 0. The summed E-state index contributed by atoms with van der Waals surface area (Å²) in [4.78, 5) is 11.0. The molecule has 0 saturated carbocycles. The lowest BCUT2D eigenvalue weighted by atomic mass is 10.2. The van der Waals surface area contributed by atoms with E-state index in [2.05, 4.69) is 10.5 Å². The van der Waals surface area contributed by atoms with Gasteiger partial charge in [-0.05, 0) is 6.08 Å². The van der Waals surface area contributed by atoms with Crippen molar-refractivity contribution in [2.75, 3.05) is 0 Å². The Hall–Kier alpha value is -1.71. The Bertz CT molecular complexity index is 370. The summed E-state index contributed by atoms with van der Waals surface area (Å²) in [6, 6.07) is 0. The highest BCUT2D eigenvalue weighted by atomic mass is 16.5. The van der Waals surface area contributed by atoms with Crippen LogP contribution in [0, 0.1) is 0 Å². The van der Waals surface area contributed by atoms with E-state index < -0.39 is 0 Å². The van der Waals surface area contributed by atoms with Crippen molar-refractivity contribution in [2.24, 2.45) is 0 Å². The number of nitrogens with one attached hydrogen (secondary N) is 2. The molecule has 0 radical (unpaired) electrons. The highest BCUT2D eigenvalue weighted by molar-refractivity contribution is 5.61. The van der Waals surface area contributed by atoms with Crippen LogP contribution in [-0.4, -0.2) is 5.16 Å². The summed E-state index contributed by atoms with van der Waals surface area (Å²) in [5.74, 6) is 0.552. The van der Waals surface area contributed by atoms with E-state index in [1.165, 1.54) is 0 Å². The number of fused-ring (bicyclic) bond motifs is 1. The van der Waals surface area contributed by atoms with Gasteiger partial charge in [-0.1, -0.05) is 0 Å². The highest BCUT2D eigenvalue weighted by Crippen LogP contribution is 2.08. The van der Waals surface area contributed by atoms with Gasteiger partial charge in [0.25, 0.3) is 5.56 Å². The van der Waals surface area contributed by atoms with E-state index in [1.54, 1.807) is 24.6 Å². The molecule has 0 spiro atoms. The quantitative estimate of drug-likeness (QED) is 0.566. The van der Waals surface area contributed by atoms with Crippen LogP contribution in [0.3, 0.4) is 0 Å². The average Bonchev–Trinajstić information content (AvgIpc) is 2.25. The van der Waals surface area contributed by atoms with Gasteiger partial charge in [0.05, 0.1) is 5.56 Å². The standard InChI is InChI=1S/C7H6N2O2/c10-7-5-1-3-8-4-2-6(5)11-9-7/h1-4,8H,(H,9,10). The number of aromatic nitrogens is 1. The van der Waals surface area contributed by atoms with E-state index in [9.17, 15) is 4.79 Å². The Balaban J connectivity index is 2.70. The summed E-state index contributed by atoms with van der Waals surface area (Å²) in [5.41, 5.74) is 0.343. The first-order valence-corrected chi connectivity index (χ1v) is 3.18. The fourth-order valence-electron chi connectivity index (χ4n) is 0.916. The van der Waals surface area contributed by atoms with E-state index >= 15 is 0 Å². The van der Waals surface area contributed by atoms with Crippen molar-refractivity contribution in [1.29, 1.82) is 0 Å². The van der Waals surface area contributed by atoms with Gasteiger partial charge >= 0.3 is 0 Å². The topological polar surface area (TPSA) is 58.0 Å². The second kappa shape index (κ2) is 2.16. The maximum absolute atomic E-state index is 11.0. The van der Waals surface area contributed by atoms with Crippen LogP contribution < -0.4 is 10.9 Å². The van der Waals surface area contributed by atoms with Gasteiger partial charge in [0.15, 0.2) is 5.76 Å². The first kappa shape index (κ1) is 6.03. The van der Waals surface area contributed by atoms with Crippen molar-refractivity contribution in [2.45, 2.75) is 0 Å². The summed E-state index contributed by atoms with van der Waals surface area (Å²) in [5, 5.41) is 5.08. The molecule has 1 aromatic heterocycles. The largest absolute Gasteiger partial charge is 0.378 e. The number of hydrogen-bond acceptors (Lipinski definition) is 3. The van der Waals surface area contributed by atoms with Gasteiger partial charge in [-0.25, -0.2) is 0 Å². The minimum Gasteiger partial charge on any atom is -0.378 e. The molecule has 4 heteroatoms. The molecule has 0 aromatic carbocycles. The van der Waals surface area contributed by atoms with Crippen LogP contribution in [0.2, 0.25) is 0 Å². The fourth-order valence-corrected chi connectivity index (χ4v) is 0.916. The number of hydrogen-bond donors (Lipinski definition) is 2. The Morgan fingerprint density at radius 2 is 2.09 bits per heavy atom. The molecular weight excluding hydrogens is 144 g/mol. The highest BCUT2D eigenvalue weighted by Gasteiger charge is 2.06. The lowest BCUT2D eigenvalue weighted by molar-refractivity contribution is 0.407. The second-order valence-corrected chi connectivity index (χ2v) is 2.14. The minimum absolute atomic E-state index is 0.204. The van der Waals surface area contributed by atoms with Crippen LogP contribution in [0.25, 0.3) is 12.2 Å². The van der Waals surface area contributed by atoms with Crippen LogP contribution in [0.5, 0.6) is 0 Å². The molecule has 1 aromatic rings. The third kappa shape index (κ3) is 0.881. The molecule has 0 saturated heterocycles. The molecule has 0 unspecified atom stereocenters. The van der Waals surface area contributed by atoms with Crippen LogP contribution in [0.4, 0.5) is 0 Å². The number of rotatable bonds is 0. The maximum Gasteiger partial charge on any atom is 0.287 e. The summed E-state index contributed by atoms with van der Waals surface area (Å²) in [7, 11) is 0. The van der Waals surface area contributed by atoms with Gasteiger partial charge in [0.1, 0.15) is 0 Å². The Labute approximate surface area is 62.2 Å². The predicted octanol–water partition coefficient (Wildman–Crippen LogP) is 0.513. The van der Waals surface area contributed by atoms with Crippen molar-refractivity contribution in [3.63, 3.8) is 0 Å². The van der Waals surface area contributed by atoms with Gasteiger partial charge in [-0.15, -0.1) is 0 Å². The number of aromatic amines is 1. The van der Waals surface area contributed by atoms with E-state index in [1.807, 2.05) is 0 Å². The zero-order chi connectivity index (χ0) is 7.68. The zero-order valence-corrected chi connectivity index (χ0v) is 5.63. The molecule has 2 rings (SSSR count). The molecule has 0 bridgehead atoms. The Morgan fingerprint density at radius 3 is 3.00 bits per heavy atom. The summed E-state index contributed by atoms with van der Waals surface area (Å²) in [6.07, 6.45) is 6.72. The van der Waals surface area contributed by atoms with E-state index in [0.717, 1.165) is 0 Å². The SMILES string of the molecule is O=c1[nH]oc2c1C=CNC=C2. The van der Waals surface area contributed by atoms with E-state index in [4.69, 9.17) is 4.52 Å². The van der Waals surface area contributed by atoms with Crippen molar-refractivity contribution in [1.82, 2.24) is 10.5 Å². The van der Waals surface area contributed by atoms with Crippen LogP contribution in [-0.2, 0) is 0 Å². The molecule has 0 aliphatic carbocycles. The molecule has 0 amide bonds. The molecule has 56 valence electrons.